The van der Waals surface area contributed by atoms with Crippen molar-refractivity contribution >= 4 is 11.4 Å². The van der Waals surface area contributed by atoms with E-state index in [0.717, 1.165) is 23.2 Å². The molecular formula is C18H17N3O3. The minimum Gasteiger partial charge on any atom is -0.494 e. The van der Waals surface area contributed by atoms with Crippen molar-refractivity contribution in [3.8, 4) is 5.75 Å². The molecule has 0 radical (unpaired) electrons. The van der Waals surface area contributed by atoms with Gasteiger partial charge in [0.15, 0.2) is 0 Å². The van der Waals surface area contributed by atoms with E-state index in [1.54, 1.807) is 12.3 Å². The summed E-state index contributed by atoms with van der Waals surface area (Å²) in [4.78, 5) is 15.1. The average Bonchev–Trinajstić information content (AvgIpc) is 3.10. The van der Waals surface area contributed by atoms with E-state index in [1.165, 1.54) is 13.2 Å². The molecule has 24 heavy (non-hydrogen) atoms. The number of nitrogens with one attached hydrogen (secondary N) is 1. The van der Waals surface area contributed by atoms with Gasteiger partial charge in [-0.2, -0.15) is 0 Å². The molecule has 0 amide bonds. The maximum Gasteiger partial charge on any atom is 0.273 e. The van der Waals surface area contributed by atoms with Crippen LogP contribution in [0.25, 0.3) is 0 Å². The Balaban J connectivity index is 1.86. The van der Waals surface area contributed by atoms with Gasteiger partial charge < -0.3 is 10.1 Å². The summed E-state index contributed by atoms with van der Waals surface area (Å²) in [5.41, 5.74) is 2.94. The molecule has 0 spiro atoms. The molecule has 4 rings (SSSR count). The summed E-state index contributed by atoms with van der Waals surface area (Å²) < 4.78 is 5.43. The number of non-ortho nitro benzene ring substituents is 1. The molecule has 3 atom stereocenters. The minimum atomic E-state index is -0.371. The third-order valence-electron chi connectivity index (χ3n) is 4.89. The van der Waals surface area contributed by atoms with E-state index < -0.39 is 0 Å². The second-order valence-corrected chi connectivity index (χ2v) is 6.13. The molecule has 1 aliphatic heterocycles. The smallest absolute Gasteiger partial charge is 0.273 e. The van der Waals surface area contributed by atoms with E-state index in [-0.39, 0.29) is 22.6 Å². The highest BCUT2D eigenvalue weighted by Gasteiger charge is 2.40. The van der Waals surface area contributed by atoms with Gasteiger partial charge in [0.05, 0.1) is 29.8 Å². The Labute approximate surface area is 139 Å². The van der Waals surface area contributed by atoms with Crippen molar-refractivity contribution in [3.63, 3.8) is 0 Å². The van der Waals surface area contributed by atoms with Gasteiger partial charge in [-0.1, -0.05) is 18.2 Å². The van der Waals surface area contributed by atoms with Gasteiger partial charge in [0.2, 0.25) is 0 Å². The van der Waals surface area contributed by atoms with Crippen LogP contribution in [0.1, 0.15) is 29.5 Å². The Morgan fingerprint density at radius 2 is 2.29 bits per heavy atom. The number of allylic oxidation sites excluding steroid dienone is 2. The number of ether oxygens (including phenoxy) is 1. The van der Waals surface area contributed by atoms with Crippen LogP contribution < -0.4 is 10.1 Å². The summed E-state index contributed by atoms with van der Waals surface area (Å²) in [7, 11) is 1.54. The molecule has 2 unspecified atom stereocenters. The summed E-state index contributed by atoms with van der Waals surface area (Å²) in [6.45, 7) is 0. The Morgan fingerprint density at radius 1 is 1.42 bits per heavy atom. The normalized spacial score (nSPS) is 24.0. The van der Waals surface area contributed by atoms with E-state index in [9.17, 15) is 10.1 Å². The fourth-order valence-electron chi connectivity index (χ4n) is 3.81. The number of aromatic nitrogens is 1. The lowest BCUT2D eigenvalue weighted by Gasteiger charge is -2.37. The van der Waals surface area contributed by atoms with Crippen LogP contribution in [0.2, 0.25) is 0 Å². The topological polar surface area (TPSA) is 77.3 Å². The van der Waals surface area contributed by atoms with E-state index in [2.05, 4.69) is 28.5 Å². The zero-order valence-corrected chi connectivity index (χ0v) is 13.2. The van der Waals surface area contributed by atoms with Crippen LogP contribution in [0.3, 0.4) is 0 Å². The third-order valence-corrected chi connectivity index (χ3v) is 4.89. The molecule has 2 aromatic rings. The van der Waals surface area contributed by atoms with Gasteiger partial charge in [-0.15, -0.1) is 0 Å². The van der Waals surface area contributed by atoms with Gasteiger partial charge in [0.1, 0.15) is 5.75 Å². The van der Waals surface area contributed by atoms with Gasteiger partial charge in [-0.05, 0) is 29.5 Å². The maximum atomic E-state index is 11.2. The van der Waals surface area contributed by atoms with Crippen molar-refractivity contribution in [1.82, 2.24) is 4.98 Å². The molecule has 122 valence electrons. The monoisotopic (exact) mass is 323 g/mol. The zero-order valence-electron chi connectivity index (χ0n) is 13.2. The number of methoxy groups -OCH3 is 1. The molecule has 0 fully saturated rings. The van der Waals surface area contributed by atoms with E-state index in [1.807, 2.05) is 12.3 Å². The molecule has 2 heterocycles. The Morgan fingerprint density at radius 3 is 3.00 bits per heavy atom. The molecule has 1 N–H and O–H groups in total. The van der Waals surface area contributed by atoms with Crippen molar-refractivity contribution in [2.75, 3.05) is 12.4 Å². The number of rotatable bonds is 3. The molecule has 0 saturated heterocycles. The first-order valence-electron chi connectivity index (χ1n) is 7.88. The zero-order chi connectivity index (χ0) is 16.7. The number of benzene rings is 1. The highest BCUT2D eigenvalue weighted by Crippen LogP contribution is 2.53. The Kier molecular flexibility index (Phi) is 3.45. The SMILES string of the molecule is COc1cc([N+](=O)[O-])cc2c1N[C@H](c1cccnc1)C1CC=CC21. The lowest BCUT2D eigenvalue weighted by molar-refractivity contribution is -0.385. The van der Waals surface area contributed by atoms with Crippen LogP contribution in [0.5, 0.6) is 5.75 Å². The minimum absolute atomic E-state index is 0.0614. The number of nitro benzene ring substituents is 1. The fourth-order valence-corrected chi connectivity index (χ4v) is 3.81. The van der Waals surface area contributed by atoms with Gasteiger partial charge >= 0.3 is 0 Å². The quantitative estimate of drug-likeness (QED) is 0.528. The molecule has 0 saturated carbocycles. The standard InChI is InChI=1S/C18H17N3O3/c1-24-16-9-12(21(22)23)8-15-13-5-2-6-14(13)17(20-18(15)16)11-4-3-7-19-10-11/h2-5,7-10,13-14,17,20H,6H2,1H3/t13?,14?,17-/m1/s1. The summed E-state index contributed by atoms with van der Waals surface area (Å²) in [5.74, 6) is 0.959. The summed E-state index contributed by atoms with van der Waals surface area (Å²) in [5, 5.41) is 14.8. The largest absolute Gasteiger partial charge is 0.494 e. The molecule has 1 aliphatic carbocycles. The van der Waals surface area contributed by atoms with Crippen LogP contribution >= 0.6 is 0 Å². The predicted octanol–water partition coefficient (Wildman–Crippen LogP) is 3.82. The number of nitrogens with zero attached hydrogens (tertiary/aromatic N) is 2. The van der Waals surface area contributed by atoms with Crippen LogP contribution in [0.15, 0.2) is 48.8 Å². The number of anilines is 1. The number of hydrogen-bond donors (Lipinski definition) is 1. The number of fused-ring (bicyclic) bond motifs is 3. The molecule has 6 nitrogen and oxygen atoms in total. The van der Waals surface area contributed by atoms with Crippen molar-refractivity contribution in [3.05, 3.63) is 70.1 Å². The first-order valence-corrected chi connectivity index (χ1v) is 7.88. The maximum absolute atomic E-state index is 11.2. The van der Waals surface area contributed by atoms with Gasteiger partial charge in [0, 0.05) is 24.4 Å². The molecular weight excluding hydrogens is 306 g/mol. The van der Waals surface area contributed by atoms with Crippen molar-refractivity contribution in [2.24, 2.45) is 5.92 Å². The molecule has 2 aliphatic rings. The van der Waals surface area contributed by atoms with Gasteiger partial charge in [-0.3, -0.25) is 15.1 Å². The van der Waals surface area contributed by atoms with E-state index in [0.29, 0.717) is 11.7 Å². The lowest BCUT2D eigenvalue weighted by atomic mass is 9.77. The predicted molar refractivity (Wildman–Crippen MR) is 90.2 cm³/mol. The van der Waals surface area contributed by atoms with Crippen molar-refractivity contribution in [2.45, 2.75) is 18.4 Å². The van der Waals surface area contributed by atoms with Crippen molar-refractivity contribution in [1.29, 1.82) is 0 Å². The second-order valence-electron chi connectivity index (χ2n) is 6.13. The Bertz CT molecular complexity index is 820. The lowest BCUT2D eigenvalue weighted by Crippen LogP contribution is -2.29. The average molecular weight is 323 g/mol. The molecule has 1 aromatic heterocycles. The van der Waals surface area contributed by atoms with Gasteiger partial charge in [0.25, 0.3) is 5.69 Å². The highest BCUT2D eigenvalue weighted by molar-refractivity contribution is 5.71. The van der Waals surface area contributed by atoms with Crippen LogP contribution in [0, 0.1) is 16.0 Å². The number of hydrogen-bond acceptors (Lipinski definition) is 5. The van der Waals surface area contributed by atoms with Crippen LogP contribution in [-0.4, -0.2) is 17.0 Å². The summed E-state index contributed by atoms with van der Waals surface area (Å²) >= 11 is 0. The van der Waals surface area contributed by atoms with E-state index in [4.69, 9.17) is 4.74 Å². The van der Waals surface area contributed by atoms with E-state index >= 15 is 0 Å². The number of pyridine rings is 1. The first-order chi connectivity index (χ1) is 11.7. The van der Waals surface area contributed by atoms with Crippen LogP contribution in [-0.2, 0) is 0 Å². The first kappa shape index (κ1) is 14.7. The fraction of sp³-hybridized carbons (Fsp3) is 0.278. The number of nitro groups is 1. The summed E-state index contributed by atoms with van der Waals surface area (Å²) in [6, 6.07) is 7.23. The molecule has 0 bridgehead atoms. The highest BCUT2D eigenvalue weighted by atomic mass is 16.6. The summed E-state index contributed by atoms with van der Waals surface area (Å²) in [6.07, 6.45) is 8.86. The Hall–Kier alpha value is -2.89. The van der Waals surface area contributed by atoms with Crippen molar-refractivity contribution < 1.29 is 9.66 Å². The molecule has 1 aromatic carbocycles. The van der Waals surface area contributed by atoms with Gasteiger partial charge in [-0.25, -0.2) is 0 Å². The third kappa shape index (κ3) is 2.22. The van der Waals surface area contributed by atoms with Crippen LogP contribution in [0.4, 0.5) is 11.4 Å². The molecule has 6 heteroatoms. The second kappa shape index (κ2) is 5.63.